The first-order valence-corrected chi connectivity index (χ1v) is 9.62. The van der Waals surface area contributed by atoms with Gasteiger partial charge in [0.25, 0.3) is 0 Å². The van der Waals surface area contributed by atoms with Crippen LogP contribution in [0.15, 0.2) is 42.5 Å². The van der Waals surface area contributed by atoms with Crippen LogP contribution in [-0.2, 0) is 24.8 Å². The van der Waals surface area contributed by atoms with Crippen molar-refractivity contribution in [2.24, 2.45) is 7.05 Å². The molecule has 0 fully saturated rings. The lowest BCUT2D eigenvalue weighted by Crippen LogP contribution is -2.10. The standard InChI is InChI=1S/C23H25NO3/c1-3-27-23(26)22-19-12-11-16(13-20(19)24(2)21(22)14-25)18-10-6-8-15-7-4-5-9-17(15)18/h4-5,7,9,11-13,18,25H,3,6,8,10,14H2,1-2H3. The molecule has 2 aromatic carbocycles. The van der Waals surface area contributed by atoms with Gasteiger partial charge in [0.1, 0.15) is 0 Å². The van der Waals surface area contributed by atoms with E-state index in [1.165, 1.54) is 23.1 Å². The number of aryl methyl sites for hydroxylation is 2. The Bertz CT molecular complexity index is 1000. The predicted octanol–water partition coefficient (Wildman–Crippen LogP) is 4.32. The van der Waals surface area contributed by atoms with E-state index >= 15 is 0 Å². The van der Waals surface area contributed by atoms with Crippen molar-refractivity contribution in [3.05, 3.63) is 70.4 Å². The van der Waals surface area contributed by atoms with E-state index < -0.39 is 0 Å². The van der Waals surface area contributed by atoms with Crippen LogP contribution in [0.25, 0.3) is 10.9 Å². The van der Waals surface area contributed by atoms with Crippen molar-refractivity contribution in [1.82, 2.24) is 4.57 Å². The number of rotatable bonds is 4. The predicted molar refractivity (Wildman–Crippen MR) is 106 cm³/mol. The van der Waals surface area contributed by atoms with Crippen LogP contribution in [0.3, 0.4) is 0 Å². The van der Waals surface area contributed by atoms with E-state index in [4.69, 9.17) is 4.74 Å². The van der Waals surface area contributed by atoms with Gasteiger partial charge < -0.3 is 14.4 Å². The van der Waals surface area contributed by atoms with Crippen LogP contribution in [0.1, 0.15) is 58.4 Å². The molecule has 0 saturated carbocycles. The third-order valence-corrected chi connectivity index (χ3v) is 5.75. The average Bonchev–Trinajstić information content (AvgIpc) is 2.99. The fourth-order valence-corrected chi connectivity index (χ4v) is 4.44. The fraction of sp³-hybridized carbons (Fsp3) is 0.348. The van der Waals surface area contributed by atoms with Crippen LogP contribution < -0.4 is 0 Å². The number of aliphatic hydroxyl groups excluding tert-OH is 1. The van der Waals surface area contributed by atoms with Gasteiger partial charge in [0, 0.05) is 23.9 Å². The first-order valence-electron chi connectivity index (χ1n) is 9.62. The maximum Gasteiger partial charge on any atom is 0.340 e. The van der Waals surface area contributed by atoms with E-state index in [-0.39, 0.29) is 12.6 Å². The topological polar surface area (TPSA) is 51.5 Å². The molecule has 3 aromatic rings. The number of carbonyl (C=O) groups is 1. The van der Waals surface area contributed by atoms with Crippen LogP contribution in [0, 0.1) is 0 Å². The monoisotopic (exact) mass is 363 g/mol. The minimum atomic E-state index is -0.372. The number of esters is 1. The number of benzene rings is 2. The molecule has 1 aromatic heterocycles. The molecule has 1 aliphatic carbocycles. The van der Waals surface area contributed by atoms with Gasteiger partial charge in [-0.25, -0.2) is 4.79 Å². The normalized spacial score (nSPS) is 16.3. The third kappa shape index (κ3) is 2.94. The van der Waals surface area contributed by atoms with Gasteiger partial charge in [-0.1, -0.05) is 36.4 Å². The number of fused-ring (bicyclic) bond motifs is 2. The highest BCUT2D eigenvalue weighted by molar-refractivity contribution is 6.06. The SMILES string of the molecule is CCOC(=O)c1c(CO)n(C)c2cc(C3CCCc4ccccc43)ccc12. The number of hydrogen-bond donors (Lipinski definition) is 1. The molecule has 0 spiro atoms. The third-order valence-electron chi connectivity index (χ3n) is 5.75. The van der Waals surface area contributed by atoms with Crippen molar-refractivity contribution in [2.75, 3.05) is 6.61 Å². The highest BCUT2D eigenvalue weighted by Gasteiger charge is 2.25. The molecule has 1 N–H and O–H groups in total. The summed E-state index contributed by atoms with van der Waals surface area (Å²) in [5, 5.41) is 10.7. The van der Waals surface area contributed by atoms with Gasteiger partial charge >= 0.3 is 5.97 Å². The van der Waals surface area contributed by atoms with E-state index in [9.17, 15) is 9.90 Å². The van der Waals surface area contributed by atoms with Gasteiger partial charge in [0.05, 0.1) is 24.5 Å². The minimum absolute atomic E-state index is 0.194. The number of hydrogen-bond acceptors (Lipinski definition) is 3. The van der Waals surface area contributed by atoms with Crippen molar-refractivity contribution in [3.8, 4) is 0 Å². The molecule has 0 amide bonds. The lowest BCUT2D eigenvalue weighted by Gasteiger charge is -2.26. The second-order valence-corrected chi connectivity index (χ2v) is 7.18. The molecule has 1 aliphatic rings. The first kappa shape index (κ1) is 17.8. The summed E-state index contributed by atoms with van der Waals surface area (Å²) in [6.07, 6.45) is 3.45. The van der Waals surface area contributed by atoms with Crippen molar-refractivity contribution < 1.29 is 14.6 Å². The van der Waals surface area contributed by atoms with Gasteiger partial charge in [-0.3, -0.25) is 0 Å². The number of aliphatic hydroxyl groups is 1. The summed E-state index contributed by atoms with van der Waals surface area (Å²) in [5.41, 5.74) is 6.14. The second-order valence-electron chi connectivity index (χ2n) is 7.18. The Labute approximate surface area is 159 Å². The highest BCUT2D eigenvalue weighted by Crippen LogP contribution is 2.38. The van der Waals surface area contributed by atoms with Crippen molar-refractivity contribution >= 4 is 16.9 Å². The number of nitrogens with zero attached hydrogens (tertiary/aromatic N) is 1. The van der Waals surface area contributed by atoms with E-state index in [1.54, 1.807) is 6.92 Å². The number of aromatic nitrogens is 1. The van der Waals surface area contributed by atoms with E-state index in [2.05, 4.69) is 36.4 Å². The smallest absolute Gasteiger partial charge is 0.340 e. The van der Waals surface area contributed by atoms with Crippen LogP contribution in [-0.4, -0.2) is 22.2 Å². The Hall–Kier alpha value is -2.59. The summed E-state index contributed by atoms with van der Waals surface area (Å²) in [6, 6.07) is 15.0. The van der Waals surface area contributed by atoms with Gasteiger partial charge in [-0.15, -0.1) is 0 Å². The molecular formula is C23H25NO3. The summed E-state index contributed by atoms with van der Waals surface area (Å²) >= 11 is 0. The Balaban J connectivity index is 1.85. The van der Waals surface area contributed by atoms with E-state index in [0.29, 0.717) is 23.8 Å². The van der Waals surface area contributed by atoms with Gasteiger partial charge in [0.2, 0.25) is 0 Å². The van der Waals surface area contributed by atoms with Crippen molar-refractivity contribution in [2.45, 2.75) is 38.7 Å². The minimum Gasteiger partial charge on any atom is -0.462 e. The van der Waals surface area contributed by atoms with Crippen LogP contribution in [0.2, 0.25) is 0 Å². The lowest BCUT2D eigenvalue weighted by atomic mass is 9.79. The van der Waals surface area contributed by atoms with Crippen LogP contribution in [0.5, 0.6) is 0 Å². The molecular weight excluding hydrogens is 338 g/mol. The Morgan fingerprint density at radius 2 is 2.07 bits per heavy atom. The lowest BCUT2D eigenvalue weighted by molar-refractivity contribution is 0.0524. The molecule has 27 heavy (non-hydrogen) atoms. The summed E-state index contributed by atoms with van der Waals surface area (Å²) in [6.45, 7) is 1.91. The van der Waals surface area contributed by atoms with E-state index in [0.717, 1.165) is 23.7 Å². The molecule has 0 aliphatic heterocycles. The first-order chi connectivity index (χ1) is 13.2. The molecule has 4 nitrogen and oxygen atoms in total. The van der Waals surface area contributed by atoms with Crippen molar-refractivity contribution in [3.63, 3.8) is 0 Å². The summed E-state index contributed by atoms with van der Waals surface area (Å²) in [5.74, 6) is 0.000724. The van der Waals surface area contributed by atoms with Gasteiger partial charge in [0.15, 0.2) is 0 Å². The van der Waals surface area contributed by atoms with E-state index in [1.807, 2.05) is 17.7 Å². The Morgan fingerprint density at radius 1 is 1.26 bits per heavy atom. The number of ether oxygens (including phenoxy) is 1. The summed E-state index contributed by atoms with van der Waals surface area (Å²) in [4.78, 5) is 12.5. The molecule has 1 unspecified atom stereocenters. The molecule has 1 heterocycles. The fourth-order valence-electron chi connectivity index (χ4n) is 4.44. The van der Waals surface area contributed by atoms with Gasteiger partial charge in [-0.05, 0) is 48.9 Å². The number of carbonyl (C=O) groups excluding carboxylic acids is 1. The maximum absolute atomic E-state index is 12.5. The molecule has 0 saturated heterocycles. The largest absolute Gasteiger partial charge is 0.462 e. The molecule has 140 valence electrons. The summed E-state index contributed by atoms with van der Waals surface area (Å²) in [7, 11) is 1.90. The highest BCUT2D eigenvalue weighted by atomic mass is 16.5. The zero-order valence-corrected chi connectivity index (χ0v) is 15.9. The summed E-state index contributed by atoms with van der Waals surface area (Å²) < 4.78 is 7.14. The average molecular weight is 363 g/mol. The molecule has 1 atom stereocenters. The maximum atomic E-state index is 12.5. The second kappa shape index (κ2) is 7.20. The zero-order chi connectivity index (χ0) is 19.0. The van der Waals surface area contributed by atoms with Crippen LogP contribution in [0.4, 0.5) is 0 Å². The van der Waals surface area contributed by atoms with Crippen molar-refractivity contribution in [1.29, 1.82) is 0 Å². The molecule has 0 bridgehead atoms. The Kier molecular flexibility index (Phi) is 4.75. The molecule has 4 heteroatoms. The zero-order valence-electron chi connectivity index (χ0n) is 15.9. The molecule has 0 radical (unpaired) electrons. The quantitative estimate of drug-likeness (QED) is 0.703. The Morgan fingerprint density at radius 3 is 2.85 bits per heavy atom. The molecule has 4 rings (SSSR count). The van der Waals surface area contributed by atoms with Gasteiger partial charge in [-0.2, -0.15) is 0 Å². The van der Waals surface area contributed by atoms with Crippen LogP contribution >= 0.6 is 0 Å².